The maximum absolute atomic E-state index is 13.5. The molecule has 0 saturated heterocycles. The fourth-order valence-corrected chi connectivity index (χ4v) is 2.14. The summed E-state index contributed by atoms with van der Waals surface area (Å²) in [6.45, 7) is 0. The van der Waals surface area contributed by atoms with Gasteiger partial charge in [-0.2, -0.15) is 9.49 Å². The lowest BCUT2D eigenvalue weighted by Crippen LogP contribution is -2.02. The third kappa shape index (κ3) is 2.73. The first-order valence-electron chi connectivity index (χ1n) is 6.59. The quantitative estimate of drug-likeness (QED) is 0.546. The third-order valence-corrected chi connectivity index (χ3v) is 3.27. The van der Waals surface area contributed by atoms with Crippen molar-refractivity contribution in [2.24, 2.45) is 0 Å². The van der Waals surface area contributed by atoms with Crippen LogP contribution >= 0.6 is 0 Å². The Bertz CT molecular complexity index is 861. The number of aromatic nitrogens is 3. The van der Waals surface area contributed by atoms with Crippen molar-refractivity contribution < 1.29 is 14.1 Å². The molecule has 0 atom stereocenters. The van der Waals surface area contributed by atoms with Gasteiger partial charge in [0, 0.05) is 11.6 Å². The van der Waals surface area contributed by atoms with Gasteiger partial charge in [0.05, 0.1) is 17.7 Å². The van der Waals surface area contributed by atoms with Gasteiger partial charge < -0.3 is 4.74 Å². The second kappa shape index (κ2) is 5.84. The van der Waals surface area contributed by atoms with Crippen molar-refractivity contribution in [2.75, 3.05) is 7.11 Å². The number of nitro groups is 1. The lowest BCUT2D eigenvalue weighted by atomic mass is 10.2. The molecule has 116 valence electrons. The second-order valence-corrected chi connectivity index (χ2v) is 4.62. The van der Waals surface area contributed by atoms with E-state index < -0.39 is 16.4 Å². The minimum atomic E-state index is -0.898. The zero-order chi connectivity index (χ0) is 16.4. The van der Waals surface area contributed by atoms with Gasteiger partial charge in [-0.05, 0) is 36.4 Å². The largest absolute Gasteiger partial charge is 0.497 e. The molecule has 7 nitrogen and oxygen atoms in total. The minimum Gasteiger partial charge on any atom is -0.497 e. The van der Waals surface area contributed by atoms with Crippen molar-refractivity contribution in [3.8, 4) is 22.8 Å². The highest BCUT2D eigenvalue weighted by Gasteiger charge is 2.17. The summed E-state index contributed by atoms with van der Waals surface area (Å²) in [5.41, 5.74) is 0.482. The molecule has 3 aromatic rings. The van der Waals surface area contributed by atoms with Crippen LogP contribution < -0.4 is 4.74 Å². The maximum Gasteiger partial charge on any atom is 0.306 e. The fraction of sp³-hybridized carbons (Fsp3) is 0.0667. The summed E-state index contributed by atoms with van der Waals surface area (Å²) in [6, 6.07) is 10.7. The molecule has 8 heteroatoms. The van der Waals surface area contributed by atoms with Crippen molar-refractivity contribution in [2.45, 2.75) is 0 Å². The average molecular weight is 314 g/mol. The Kier molecular flexibility index (Phi) is 3.71. The van der Waals surface area contributed by atoms with Gasteiger partial charge in [0.15, 0.2) is 5.82 Å². The summed E-state index contributed by atoms with van der Waals surface area (Å²) >= 11 is 0. The molecule has 1 heterocycles. The highest BCUT2D eigenvalue weighted by molar-refractivity contribution is 5.59. The van der Waals surface area contributed by atoms with Gasteiger partial charge in [-0.15, -0.1) is 0 Å². The van der Waals surface area contributed by atoms with Crippen LogP contribution in [0.4, 0.5) is 10.1 Å². The molecule has 0 amide bonds. The van der Waals surface area contributed by atoms with Crippen LogP contribution in [0.2, 0.25) is 0 Å². The number of hydrogen-bond donors (Lipinski definition) is 0. The van der Waals surface area contributed by atoms with Crippen LogP contribution in [-0.4, -0.2) is 26.8 Å². The molecule has 0 saturated carbocycles. The highest BCUT2D eigenvalue weighted by Crippen LogP contribution is 2.25. The van der Waals surface area contributed by atoms with Gasteiger partial charge in [-0.25, -0.2) is 9.67 Å². The number of ether oxygens (including phenoxy) is 1. The molecule has 23 heavy (non-hydrogen) atoms. The SMILES string of the molecule is COc1ccc(-c2ncnn2-c2ccc(F)c([N+](=O)[O-])c2)cc1. The molecule has 0 unspecified atom stereocenters. The second-order valence-electron chi connectivity index (χ2n) is 4.62. The van der Waals surface area contributed by atoms with Gasteiger partial charge in [-0.1, -0.05) is 0 Å². The molecular formula is C15H11FN4O3. The molecule has 0 aliphatic heterocycles. The van der Waals surface area contributed by atoms with Crippen LogP contribution in [0.15, 0.2) is 48.8 Å². The molecule has 0 aliphatic rings. The zero-order valence-corrected chi connectivity index (χ0v) is 12.0. The van der Waals surface area contributed by atoms with Crippen molar-refractivity contribution in [3.05, 3.63) is 64.7 Å². The van der Waals surface area contributed by atoms with Crippen molar-refractivity contribution >= 4 is 5.69 Å². The van der Waals surface area contributed by atoms with Crippen molar-refractivity contribution in [1.82, 2.24) is 14.8 Å². The molecule has 0 radical (unpaired) electrons. The molecule has 0 N–H and O–H groups in total. The van der Waals surface area contributed by atoms with Gasteiger partial charge >= 0.3 is 5.69 Å². The summed E-state index contributed by atoms with van der Waals surface area (Å²) in [5.74, 6) is 0.274. The minimum absolute atomic E-state index is 0.349. The van der Waals surface area contributed by atoms with Crippen molar-refractivity contribution in [1.29, 1.82) is 0 Å². The van der Waals surface area contributed by atoms with Gasteiger partial charge in [-0.3, -0.25) is 10.1 Å². The number of halogens is 1. The lowest BCUT2D eigenvalue weighted by molar-refractivity contribution is -0.387. The van der Waals surface area contributed by atoms with E-state index in [1.165, 1.54) is 17.1 Å². The molecule has 2 aromatic carbocycles. The summed E-state index contributed by atoms with van der Waals surface area (Å²) in [5, 5.41) is 14.9. The van der Waals surface area contributed by atoms with E-state index in [-0.39, 0.29) is 0 Å². The van der Waals surface area contributed by atoms with E-state index in [4.69, 9.17) is 4.74 Å². The van der Waals surface area contributed by atoms with E-state index in [9.17, 15) is 14.5 Å². The van der Waals surface area contributed by atoms with Crippen molar-refractivity contribution in [3.63, 3.8) is 0 Å². The Labute approximate surface area is 130 Å². The van der Waals surface area contributed by atoms with E-state index in [1.54, 1.807) is 31.4 Å². The Morgan fingerprint density at radius 3 is 2.61 bits per heavy atom. The Balaban J connectivity index is 2.07. The molecule has 0 spiro atoms. The van der Waals surface area contributed by atoms with Gasteiger partial charge in [0.25, 0.3) is 0 Å². The molecule has 0 bridgehead atoms. The number of rotatable bonds is 4. The van der Waals surface area contributed by atoms with Gasteiger partial charge in [0.2, 0.25) is 5.82 Å². The van der Waals surface area contributed by atoms with Crippen LogP contribution in [-0.2, 0) is 0 Å². The number of nitrogens with zero attached hydrogens (tertiary/aromatic N) is 4. The number of benzene rings is 2. The van der Waals surface area contributed by atoms with Crippen LogP contribution in [0, 0.1) is 15.9 Å². The Morgan fingerprint density at radius 2 is 1.96 bits per heavy atom. The Morgan fingerprint density at radius 1 is 1.22 bits per heavy atom. The van der Waals surface area contributed by atoms with E-state index in [2.05, 4.69) is 10.1 Å². The topological polar surface area (TPSA) is 83.1 Å². The zero-order valence-electron chi connectivity index (χ0n) is 12.0. The number of nitro benzene ring substituents is 1. The van der Waals surface area contributed by atoms with Crippen LogP contribution in [0.1, 0.15) is 0 Å². The van der Waals surface area contributed by atoms with Crippen LogP contribution in [0.3, 0.4) is 0 Å². The predicted octanol–water partition coefficient (Wildman–Crippen LogP) is 2.99. The Hall–Kier alpha value is -3.29. The standard InChI is InChI=1S/C15H11FN4O3/c1-23-12-5-2-10(3-6-12)15-17-9-18-19(15)11-4-7-13(16)14(8-11)20(21)22/h2-9H,1H3. The number of hydrogen-bond acceptors (Lipinski definition) is 5. The average Bonchev–Trinajstić information content (AvgIpc) is 3.04. The van der Waals surface area contributed by atoms with E-state index in [0.717, 1.165) is 17.7 Å². The summed E-state index contributed by atoms with van der Waals surface area (Å²) in [7, 11) is 1.56. The number of methoxy groups -OCH3 is 1. The van der Waals surface area contributed by atoms with E-state index in [0.29, 0.717) is 17.3 Å². The maximum atomic E-state index is 13.5. The third-order valence-electron chi connectivity index (χ3n) is 3.27. The van der Waals surface area contributed by atoms with E-state index in [1.807, 2.05) is 0 Å². The fourth-order valence-electron chi connectivity index (χ4n) is 2.14. The normalized spacial score (nSPS) is 10.5. The van der Waals surface area contributed by atoms with E-state index >= 15 is 0 Å². The van der Waals surface area contributed by atoms with Gasteiger partial charge in [0.1, 0.15) is 12.1 Å². The first-order chi connectivity index (χ1) is 11.1. The predicted molar refractivity (Wildman–Crippen MR) is 80.0 cm³/mol. The van der Waals surface area contributed by atoms with Crippen LogP contribution in [0.25, 0.3) is 17.1 Å². The van der Waals surface area contributed by atoms with Crippen LogP contribution in [0.5, 0.6) is 5.75 Å². The smallest absolute Gasteiger partial charge is 0.306 e. The lowest BCUT2D eigenvalue weighted by Gasteiger charge is -2.07. The summed E-state index contributed by atoms with van der Waals surface area (Å²) in [6.07, 6.45) is 1.33. The first kappa shape index (κ1) is 14.6. The molecule has 1 aromatic heterocycles. The monoisotopic (exact) mass is 314 g/mol. The molecule has 0 aliphatic carbocycles. The molecule has 0 fully saturated rings. The highest BCUT2D eigenvalue weighted by atomic mass is 19.1. The molecule has 3 rings (SSSR count). The molecular weight excluding hydrogens is 303 g/mol. The summed E-state index contributed by atoms with van der Waals surface area (Å²) in [4.78, 5) is 14.3. The first-order valence-corrected chi connectivity index (χ1v) is 6.59. The summed E-state index contributed by atoms with van der Waals surface area (Å²) < 4.78 is 20.0.